The van der Waals surface area contributed by atoms with Crippen molar-refractivity contribution in [2.75, 3.05) is 24.5 Å². The minimum absolute atomic E-state index is 0.0534. The highest BCUT2D eigenvalue weighted by atomic mass is 16.2. The summed E-state index contributed by atoms with van der Waals surface area (Å²) in [5.41, 5.74) is 1.78. The number of carbonyl (C=O) groups is 2. The molecule has 1 aliphatic heterocycles. The van der Waals surface area contributed by atoms with E-state index in [1.165, 1.54) is 4.90 Å². The van der Waals surface area contributed by atoms with Crippen LogP contribution in [0.4, 0.5) is 5.69 Å². The van der Waals surface area contributed by atoms with Gasteiger partial charge in [-0.3, -0.25) is 9.59 Å². The van der Waals surface area contributed by atoms with Gasteiger partial charge in [-0.25, -0.2) is 0 Å². The molecule has 3 rings (SSSR count). The summed E-state index contributed by atoms with van der Waals surface area (Å²) >= 11 is 0. The lowest BCUT2D eigenvalue weighted by atomic mass is 10.2. The van der Waals surface area contributed by atoms with Gasteiger partial charge in [0, 0.05) is 25.0 Å². The Labute approximate surface area is 127 Å². The first-order chi connectivity index (χ1) is 10.7. The quantitative estimate of drug-likeness (QED) is 0.908. The molecule has 1 aromatic carbocycles. The third-order valence-electron chi connectivity index (χ3n) is 3.64. The summed E-state index contributed by atoms with van der Waals surface area (Å²) in [4.78, 5) is 30.5. The second kappa shape index (κ2) is 5.74. The SMILES string of the molecule is N#Cc1ccc(N2CCN(C(=O)c3ccc[nH]3)CC2=O)cc1. The molecule has 2 amide bonds. The molecule has 0 aliphatic carbocycles. The van der Waals surface area contributed by atoms with Gasteiger partial charge in [-0.2, -0.15) is 5.26 Å². The average molecular weight is 294 g/mol. The number of aromatic amines is 1. The predicted molar refractivity (Wildman–Crippen MR) is 80.2 cm³/mol. The lowest BCUT2D eigenvalue weighted by molar-refractivity contribution is -0.120. The van der Waals surface area contributed by atoms with Crippen LogP contribution in [0.1, 0.15) is 16.1 Å². The van der Waals surface area contributed by atoms with Crippen molar-refractivity contribution in [2.45, 2.75) is 0 Å². The molecule has 1 saturated heterocycles. The molecule has 6 heteroatoms. The Balaban J connectivity index is 1.71. The number of piperazine rings is 1. The number of benzene rings is 1. The normalized spacial score (nSPS) is 14.8. The summed E-state index contributed by atoms with van der Waals surface area (Å²) in [6, 6.07) is 12.3. The van der Waals surface area contributed by atoms with Crippen LogP contribution in [0.3, 0.4) is 0 Å². The van der Waals surface area contributed by atoms with E-state index in [1.807, 2.05) is 6.07 Å². The van der Waals surface area contributed by atoms with E-state index in [1.54, 1.807) is 47.5 Å². The Kier molecular flexibility index (Phi) is 3.62. The molecule has 0 spiro atoms. The van der Waals surface area contributed by atoms with E-state index < -0.39 is 0 Å². The van der Waals surface area contributed by atoms with Crippen molar-refractivity contribution in [1.82, 2.24) is 9.88 Å². The lowest BCUT2D eigenvalue weighted by Gasteiger charge is -2.34. The van der Waals surface area contributed by atoms with Gasteiger partial charge in [-0.05, 0) is 36.4 Å². The van der Waals surface area contributed by atoms with Gasteiger partial charge >= 0.3 is 0 Å². The number of hydrogen-bond acceptors (Lipinski definition) is 3. The first-order valence-corrected chi connectivity index (χ1v) is 6.92. The average Bonchev–Trinajstić information content (AvgIpc) is 3.09. The number of carbonyl (C=O) groups excluding carboxylic acids is 2. The number of H-pyrrole nitrogens is 1. The second-order valence-electron chi connectivity index (χ2n) is 5.01. The van der Waals surface area contributed by atoms with E-state index in [2.05, 4.69) is 4.98 Å². The molecule has 1 aliphatic rings. The molecule has 0 atom stereocenters. The Bertz CT molecular complexity index is 729. The summed E-state index contributed by atoms with van der Waals surface area (Å²) in [5.74, 6) is -0.298. The first kappa shape index (κ1) is 13.9. The van der Waals surface area contributed by atoms with Crippen LogP contribution >= 0.6 is 0 Å². The van der Waals surface area contributed by atoms with E-state index in [9.17, 15) is 9.59 Å². The van der Waals surface area contributed by atoms with Crippen molar-refractivity contribution in [1.29, 1.82) is 5.26 Å². The zero-order chi connectivity index (χ0) is 15.5. The molecule has 2 aromatic rings. The molecule has 22 heavy (non-hydrogen) atoms. The van der Waals surface area contributed by atoms with Crippen LogP contribution in [0.2, 0.25) is 0 Å². The van der Waals surface area contributed by atoms with Crippen molar-refractivity contribution in [3.63, 3.8) is 0 Å². The molecule has 1 aromatic heterocycles. The van der Waals surface area contributed by atoms with Crippen LogP contribution in [0.5, 0.6) is 0 Å². The van der Waals surface area contributed by atoms with Crippen LogP contribution < -0.4 is 4.90 Å². The third-order valence-corrected chi connectivity index (χ3v) is 3.64. The van der Waals surface area contributed by atoms with Gasteiger partial charge in [0.1, 0.15) is 12.2 Å². The smallest absolute Gasteiger partial charge is 0.270 e. The van der Waals surface area contributed by atoms with Crippen molar-refractivity contribution in [3.8, 4) is 6.07 Å². The number of aromatic nitrogens is 1. The fourth-order valence-electron chi connectivity index (χ4n) is 2.47. The zero-order valence-electron chi connectivity index (χ0n) is 11.8. The Hall–Kier alpha value is -3.07. The lowest BCUT2D eigenvalue weighted by Crippen LogP contribution is -2.52. The maximum atomic E-state index is 12.3. The van der Waals surface area contributed by atoms with E-state index in [0.717, 1.165) is 5.69 Å². The fraction of sp³-hybridized carbons (Fsp3) is 0.188. The number of nitrogens with zero attached hydrogens (tertiary/aromatic N) is 3. The molecule has 6 nitrogen and oxygen atoms in total. The summed E-state index contributed by atoms with van der Waals surface area (Å²) in [6.07, 6.45) is 1.68. The molecular formula is C16H14N4O2. The maximum Gasteiger partial charge on any atom is 0.270 e. The van der Waals surface area contributed by atoms with Gasteiger partial charge in [0.15, 0.2) is 0 Å². The van der Waals surface area contributed by atoms with Crippen LogP contribution in [-0.2, 0) is 4.79 Å². The van der Waals surface area contributed by atoms with Crippen LogP contribution in [0.25, 0.3) is 0 Å². The van der Waals surface area contributed by atoms with Gasteiger partial charge in [0.25, 0.3) is 5.91 Å². The molecule has 0 unspecified atom stereocenters. The topological polar surface area (TPSA) is 80.2 Å². The van der Waals surface area contributed by atoms with E-state index in [4.69, 9.17) is 5.26 Å². The third kappa shape index (κ3) is 2.56. The minimum atomic E-state index is -0.169. The molecule has 110 valence electrons. The van der Waals surface area contributed by atoms with Gasteiger partial charge in [0.05, 0.1) is 11.6 Å². The first-order valence-electron chi connectivity index (χ1n) is 6.92. The van der Waals surface area contributed by atoms with Crippen LogP contribution in [0.15, 0.2) is 42.6 Å². The number of nitriles is 1. The number of hydrogen-bond donors (Lipinski definition) is 1. The summed E-state index contributed by atoms with van der Waals surface area (Å²) < 4.78 is 0. The number of nitrogens with one attached hydrogen (secondary N) is 1. The van der Waals surface area contributed by atoms with Gasteiger partial charge in [-0.15, -0.1) is 0 Å². The molecule has 1 fully saturated rings. The number of amides is 2. The Morgan fingerprint density at radius 1 is 1.18 bits per heavy atom. The second-order valence-corrected chi connectivity index (χ2v) is 5.01. The fourth-order valence-corrected chi connectivity index (χ4v) is 2.47. The standard InChI is InChI=1S/C16H14N4O2/c17-10-12-3-5-13(6-4-12)20-9-8-19(11-15(20)21)16(22)14-2-1-7-18-14/h1-7,18H,8-9,11H2. The Morgan fingerprint density at radius 2 is 1.95 bits per heavy atom. The predicted octanol–water partition coefficient (Wildman–Crippen LogP) is 1.38. The summed E-state index contributed by atoms with van der Waals surface area (Å²) in [5, 5.41) is 8.80. The van der Waals surface area contributed by atoms with Gasteiger partial charge in [0.2, 0.25) is 5.91 Å². The highest BCUT2D eigenvalue weighted by Crippen LogP contribution is 2.18. The zero-order valence-corrected chi connectivity index (χ0v) is 11.8. The Morgan fingerprint density at radius 3 is 2.55 bits per heavy atom. The van der Waals surface area contributed by atoms with Gasteiger partial charge < -0.3 is 14.8 Å². The highest BCUT2D eigenvalue weighted by molar-refractivity contribution is 6.01. The highest BCUT2D eigenvalue weighted by Gasteiger charge is 2.28. The van der Waals surface area contributed by atoms with Gasteiger partial charge in [-0.1, -0.05) is 0 Å². The number of anilines is 1. The van der Waals surface area contributed by atoms with E-state index in [-0.39, 0.29) is 18.4 Å². The monoisotopic (exact) mass is 294 g/mol. The summed E-state index contributed by atoms with van der Waals surface area (Å²) in [7, 11) is 0. The molecule has 0 radical (unpaired) electrons. The molecule has 0 bridgehead atoms. The summed E-state index contributed by atoms with van der Waals surface area (Å²) in [6.45, 7) is 0.971. The largest absolute Gasteiger partial charge is 0.357 e. The van der Waals surface area contributed by atoms with E-state index >= 15 is 0 Å². The van der Waals surface area contributed by atoms with Crippen LogP contribution in [-0.4, -0.2) is 41.3 Å². The van der Waals surface area contributed by atoms with E-state index in [0.29, 0.717) is 24.3 Å². The number of rotatable bonds is 2. The molecule has 2 heterocycles. The van der Waals surface area contributed by atoms with Crippen molar-refractivity contribution < 1.29 is 9.59 Å². The minimum Gasteiger partial charge on any atom is -0.357 e. The molecule has 0 saturated carbocycles. The molecular weight excluding hydrogens is 280 g/mol. The van der Waals surface area contributed by atoms with Crippen LogP contribution in [0, 0.1) is 11.3 Å². The maximum absolute atomic E-state index is 12.3. The van der Waals surface area contributed by atoms with Crippen molar-refractivity contribution in [3.05, 3.63) is 53.9 Å². The molecule has 1 N–H and O–H groups in total. The van der Waals surface area contributed by atoms with Crippen molar-refractivity contribution in [2.24, 2.45) is 0 Å². The van der Waals surface area contributed by atoms with Crippen molar-refractivity contribution >= 4 is 17.5 Å².